The van der Waals surface area contributed by atoms with Crippen LogP contribution in [0, 0.1) is 27.4 Å². The summed E-state index contributed by atoms with van der Waals surface area (Å²) in [5.41, 5.74) is 5.02. The monoisotopic (exact) mass is 291 g/mol. The van der Waals surface area contributed by atoms with E-state index in [9.17, 15) is 14.9 Å². The van der Waals surface area contributed by atoms with Gasteiger partial charge >= 0.3 is 0 Å². The molecular weight excluding hydrogens is 274 g/mol. The van der Waals surface area contributed by atoms with Gasteiger partial charge in [-0.3, -0.25) is 14.9 Å². The Kier molecular flexibility index (Phi) is 5.60. The number of carbonyl (C=O) groups is 1. The van der Waals surface area contributed by atoms with Crippen LogP contribution in [0.15, 0.2) is 12.3 Å². The summed E-state index contributed by atoms with van der Waals surface area (Å²) in [5.74, 6) is -0.306. The molecule has 112 valence electrons. The van der Waals surface area contributed by atoms with Crippen LogP contribution in [0.1, 0.15) is 30.6 Å². The number of nitrogens with two attached hydrogens (primary N) is 1. The van der Waals surface area contributed by atoms with E-state index >= 15 is 0 Å². The van der Waals surface area contributed by atoms with Crippen molar-refractivity contribution in [2.45, 2.75) is 20.3 Å². The number of nitriles is 1. The average Bonchev–Trinajstić information content (AvgIpc) is 2.41. The average molecular weight is 291 g/mol. The molecule has 0 bridgehead atoms. The molecule has 0 aromatic carbocycles. The number of rotatable bonds is 6. The van der Waals surface area contributed by atoms with E-state index in [0.29, 0.717) is 6.54 Å². The van der Waals surface area contributed by atoms with Gasteiger partial charge in [-0.25, -0.2) is 4.98 Å². The third-order valence-electron chi connectivity index (χ3n) is 2.70. The summed E-state index contributed by atoms with van der Waals surface area (Å²) in [6, 6.07) is 3.16. The Morgan fingerprint density at radius 2 is 2.29 bits per heavy atom. The Bertz CT molecular complexity index is 580. The van der Waals surface area contributed by atoms with Gasteiger partial charge in [-0.1, -0.05) is 13.8 Å². The molecule has 0 aliphatic rings. The lowest BCUT2D eigenvalue weighted by atomic mass is 10.1. The van der Waals surface area contributed by atoms with E-state index in [2.05, 4.69) is 4.98 Å². The molecule has 0 aliphatic heterocycles. The minimum Gasteiger partial charge on any atom is -0.384 e. The summed E-state index contributed by atoms with van der Waals surface area (Å²) in [4.78, 5) is 27.9. The van der Waals surface area contributed by atoms with Crippen LogP contribution in [-0.4, -0.2) is 33.8 Å². The van der Waals surface area contributed by atoms with Crippen molar-refractivity contribution in [1.82, 2.24) is 9.88 Å². The van der Waals surface area contributed by atoms with Crippen LogP contribution in [0.2, 0.25) is 0 Å². The fraction of sp³-hybridized carbons (Fsp3) is 0.462. The Labute approximate surface area is 122 Å². The maximum atomic E-state index is 12.5. The highest BCUT2D eigenvalue weighted by Crippen LogP contribution is 2.21. The van der Waals surface area contributed by atoms with Crippen molar-refractivity contribution in [3.63, 3.8) is 0 Å². The SMILES string of the molecule is CC(C)CN(CCC#N)C(=O)c1cc(N)ncc1[N+](=O)[O-]. The molecule has 0 atom stereocenters. The molecule has 1 aromatic heterocycles. The van der Waals surface area contributed by atoms with E-state index in [4.69, 9.17) is 11.0 Å². The molecule has 0 aliphatic carbocycles. The van der Waals surface area contributed by atoms with Gasteiger partial charge in [0.1, 0.15) is 17.6 Å². The molecule has 1 amide bonds. The molecule has 1 heterocycles. The third-order valence-corrected chi connectivity index (χ3v) is 2.70. The summed E-state index contributed by atoms with van der Waals surface area (Å²) >= 11 is 0. The van der Waals surface area contributed by atoms with Gasteiger partial charge in [0.25, 0.3) is 11.6 Å². The van der Waals surface area contributed by atoms with Gasteiger partial charge < -0.3 is 10.6 Å². The zero-order valence-electron chi connectivity index (χ0n) is 11.9. The lowest BCUT2D eigenvalue weighted by Gasteiger charge is -2.23. The quantitative estimate of drug-likeness (QED) is 0.626. The second-order valence-electron chi connectivity index (χ2n) is 4.94. The second kappa shape index (κ2) is 7.19. The van der Waals surface area contributed by atoms with Gasteiger partial charge in [0, 0.05) is 13.1 Å². The maximum Gasteiger partial charge on any atom is 0.300 e. The first-order chi connectivity index (χ1) is 9.86. The van der Waals surface area contributed by atoms with Gasteiger partial charge in [0.2, 0.25) is 0 Å². The molecular formula is C13H17N5O3. The van der Waals surface area contributed by atoms with Crippen LogP contribution < -0.4 is 5.73 Å². The van der Waals surface area contributed by atoms with Crippen LogP contribution in [0.5, 0.6) is 0 Å². The lowest BCUT2D eigenvalue weighted by molar-refractivity contribution is -0.385. The van der Waals surface area contributed by atoms with Crippen LogP contribution in [0.4, 0.5) is 11.5 Å². The molecule has 0 saturated heterocycles. The summed E-state index contributed by atoms with van der Waals surface area (Å²) in [6.07, 6.45) is 1.13. The number of hydrogen-bond acceptors (Lipinski definition) is 6. The van der Waals surface area contributed by atoms with E-state index in [1.54, 1.807) is 0 Å². The van der Waals surface area contributed by atoms with Gasteiger partial charge in [-0.15, -0.1) is 0 Å². The van der Waals surface area contributed by atoms with E-state index < -0.39 is 10.8 Å². The number of anilines is 1. The first-order valence-corrected chi connectivity index (χ1v) is 6.43. The molecule has 0 radical (unpaired) electrons. The summed E-state index contributed by atoms with van der Waals surface area (Å²) < 4.78 is 0. The maximum absolute atomic E-state index is 12.5. The van der Waals surface area contributed by atoms with Crippen molar-refractivity contribution in [3.8, 4) is 6.07 Å². The minimum absolute atomic E-state index is 0.0359. The van der Waals surface area contributed by atoms with Gasteiger partial charge in [0.05, 0.1) is 17.4 Å². The van der Waals surface area contributed by atoms with Crippen molar-refractivity contribution in [2.75, 3.05) is 18.8 Å². The highest BCUT2D eigenvalue weighted by Gasteiger charge is 2.25. The fourth-order valence-corrected chi connectivity index (χ4v) is 1.85. The van der Waals surface area contributed by atoms with Gasteiger partial charge in [-0.2, -0.15) is 5.26 Å². The number of pyridine rings is 1. The topological polar surface area (TPSA) is 126 Å². The molecule has 8 nitrogen and oxygen atoms in total. The molecule has 21 heavy (non-hydrogen) atoms. The van der Waals surface area contributed by atoms with Gasteiger partial charge in [-0.05, 0) is 12.0 Å². The van der Waals surface area contributed by atoms with Gasteiger partial charge in [0.15, 0.2) is 0 Å². The van der Waals surface area contributed by atoms with Crippen LogP contribution in [0.25, 0.3) is 0 Å². The van der Waals surface area contributed by atoms with E-state index in [1.807, 2.05) is 19.9 Å². The fourth-order valence-electron chi connectivity index (χ4n) is 1.85. The summed E-state index contributed by atoms with van der Waals surface area (Å²) in [5, 5.41) is 19.7. The van der Waals surface area contributed by atoms with Crippen LogP contribution in [0.3, 0.4) is 0 Å². The second-order valence-corrected chi connectivity index (χ2v) is 4.94. The lowest BCUT2D eigenvalue weighted by Crippen LogP contribution is -2.35. The molecule has 1 aromatic rings. The zero-order valence-corrected chi connectivity index (χ0v) is 11.9. The standard InChI is InChI=1S/C13H17N5O3/c1-9(2)8-17(5-3-4-14)13(19)10-6-12(15)16-7-11(10)18(20)21/h6-7,9H,3,5,8H2,1-2H3,(H2,15,16). The number of nitrogen functional groups attached to an aromatic ring is 1. The number of nitrogens with zero attached hydrogens (tertiary/aromatic N) is 4. The molecule has 0 spiro atoms. The predicted octanol–water partition coefficient (Wildman–Crippen LogP) is 1.58. The number of aromatic nitrogens is 1. The number of amides is 1. The minimum atomic E-state index is -0.669. The highest BCUT2D eigenvalue weighted by molar-refractivity contribution is 5.98. The Hall–Kier alpha value is -2.69. The van der Waals surface area contributed by atoms with E-state index in [-0.39, 0.29) is 36.0 Å². The largest absolute Gasteiger partial charge is 0.384 e. The third kappa shape index (κ3) is 4.42. The Morgan fingerprint density at radius 1 is 1.62 bits per heavy atom. The number of hydrogen-bond donors (Lipinski definition) is 1. The summed E-state index contributed by atoms with van der Waals surface area (Å²) in [7, 11) is 0. The Balaban J connectivity index is 3.16. The van der Waals surface area contributed by atoms with Crippen molar-refractivity contribution in [1.29, 1.82) is 5.26 Å². The molecule has 0 unspecified atom stereocenters. The normalized spacial score (nSPS) is 10.2. The molecule has 8 heteroatoms. The predicted molar refractivity (Wildman–Crippen MR) is 76.3 cm³/mol. The zero-order chi connectivity index (χ0) is 16.0. The first kappa shape index (κ1) is 16.4. The van der Waals surface area contributed by atoms with Crippen LogP contribution in [-0.2, 0) is 0 Å². The molecule has 2 N–H and O–H groups in total. The van der Waals surface area contributed by atoms with Crippen molar-refractivity contribution >= 4 is 17.4 Å². The first-order valence-electron chi connectivity index (χ1n) is 6.43. The smallest absolute Gasteiger partial charge is 0.300 e. The molecule has 0 saturated carbocycles. The highest BCUT2D eigenvalue weighted by atomic mass is 16.6. The van der Waals surface area contributed by atoms with Crippen molar-refractivity contribution < 1.29 is 9.72 Å². The van der Waals surface area contributed by atoms with Crippen molar-refractivity contribution in [2.24, 2.45) is 5.92 Å². The number of carbonyl (C=O) groups excluding carboxylic acids is 1. The molecule has 1 rings (SSSR count). The van der Waals surface area contributed by atoms with Crippen LogP contribution >= 0.6 is 0 Å². The van der Waals surface area contributed by atoms with Crippen molar-refractivity contribution in [3.05, 3.63) is 27.9 Å². The van der Waals surface area contributed by atoms with E-state index in [1.165, 1.54) is 11.0 Å². The Morgan fingerprint density at radius 3 is 2.81 bits per heavy atom. The summed E-state index contributed by atoms with van der Waals surface area (Å²) in [6.45, 7) is 4.46. The number of nitro groups is 1. The van der Waals surface area contributed by atoms with E-state index in [0.717, 1.165) is 6.20 Å². The molecule has 0 fully saturated rings.